The summed E-state index contributed by atoms with van der Waals surface area (Å²) in [6, 6.07) is 6.00. The third-order valence-electron chi connectivity index (χ3n) is 4.97. The van der Waals surface area contributed by atoms with Gasteiger partial charge in [-0.25, -0.2) is 4.99 Å². The third kappa shape index (κ3) is 3.05. The number of hydrogen-bond acceptors (Lipinski definition) is 4. The maximum atomic E-state index is 12.8. The molecule has 6 nitrogen and oxygen atoms in total. The highest BCUT2D eigenvalue weighted by Crippen LogP contribution is 2.52. The minimum Gasteiger partial charge on any atom is -0.457 e. The summed E-state index contributed by atoms with van der Waals surface area (Å²) >= 11 is 3.49. The fourth-order valence-corrected chi connectivity index (χ4v) is 3.89. The molecule has 1 aromatic carbocycles. The summed E-state index contributed by atoms with van der Waals surface area (Å²) in [4.78, 5) is 31.0. The van der Waals surface area contributed by atoms with Crippen LogP contribution < -0.4 is 5.32 Å². The van der Waals surface area contributed by atoms with Crippen LogP contribution in [0.3, 0.4) is 0 Å². The Labute approximate surface area is 154 Å². The Kier molecular flexibility index (Phi) is 3.68. The number of fused-ring (bicyclic) bond motifs is 2. The molecule has 0 unspecified atom stereocenters. The number of amidine groups is 1. The zero-order valence-electron chi connectivity index (χ0n) is 14.3. The molecule has 2 aliphatic heterocycles. The molecule has 2 amide bonds. The summed E-state index contributed by atoms with van der Waals surface area (Å²) in [7, 11) is 0. The van der Waals surface area contributed by atoms with Crippen LogP contribution in [-0.2, 0) is 14.9 Å². The molecule has 1 saturated carbocycles. The van der Waals surface area contributed by atoms with E-state index in [4.69, 9.17) is 4.74 Å². The fraction of sp³-hybridized carbons (Fsp3) is 0.500. The van der Waals surface area contributed by atoms with Gasteiger partial charge in [-0.3, -0.25) is 14.9 Å². The van der Waals surface area contributed by atoms with E-state index in [0.29, 0.717) is 18.7 Å². The van der Waals surface area contributed by atoms with E-state index >= 15 is 0 Å². The van der Waals surface area contributed by atoms with Crippen LogP contribution in [0.25, 0.3) is 0 Å². The van der Waals surface area contributed by atoms with Crippen molar-refractivity contribution >= 4 is 33.8 Å². The largest absolute Gasteiger partial charge is 0.457 e. The Morgan fingerprint density at radius 3 is 2.80 bits per heavy atom. The molecule has 0 atom stereocenters. The van der Waals surface area contributed by atoms with Crippen molar-refractivity contribution in [1.82, 2.24) is 10.2 Å². The Morgan fingerprint density at radius 2 is 2.16 bits per heavy atom. The zero-order valence-corrected chi connectivity index (χ0v) is 15.9. The number of amides is 2. The van der Waals surface area contributed by atoms with Gasteiger partial charge in [0.1, 0.15) is 12.1 Å². The van der Waals surface area contributed by atoms with Gasteiger partial charge in [-0.15, -0.1) is 0 Å². The SMILES string of the molecule is CC1(C)CN=C(NC(=O)CN2CC3(CC3)c3cc(Br)ccc3C2=O)O1. The van der Waals surface area contributed by atoms with Crippen LogP contribution in [-0.4, -0.2) is 48.0 Å². The summed E-state index contributed by atoms with van der Waals surface area (Å²) in [5.74, 6) is -0.369. The van der Waals surface area contributed by atoms with Crippen LogP contribution >= 0.6 is 15.9 Å². The van der Waals surface area contributed by atoms with Gasteiger partial charge in [0.25, 0.3) is 11.9 Å². The minimum absolute atomic E-state index is 0.0106. The quantitative estimate of drug-likeness (QED) is 0.819. The number of carbonyl (C=O) groups is 2. The number of carbonyl (C=O) groups excluding carboxylic acids is 2. The van der Waals surface area contributed by atoms with Crippen molar-refractivity contribution in [1.29, 1.82) is 0 Å². The number of ether oxygens (including phenoxy) is 1. The molecule has 0 bridgehead atoms. The monoisotopic (exact) mass is 405 g/mol. The second-order valence-electron chi connectivity index (χ2n) is 7.66. The number of nitrogens with zero attached hydrogens (tertiary/aromatic N) is 2. The Bertz CT molecular complexity index is 799. The van der Waals surface area contributed by atoms with Crippen LogP contribution in [0, 0.1) is 0 Å². The van der Waals surface area contributed by atoms with E-state index in [2.05, 4.69) is 26.2 Å². The molecule has 2 heterocycles. The van der Waals surface area contributed by atoms with Crippen molar-refractivity contribution in [2.24, 2.45) is 4.99 Å². The highest BCUT2D eigenvalue weighted by Gasteiger charge is 2.51. The average Bonchev–Trinajstić information content (AvgIpc) is 3.22. The van der Waals surface area contributed by atoms with Gasteiger partial charge in [-0.2, -0.15) is 0 Å². The van der Waals surface area contributed by atoms with E-state index in [1.54, 1.807) is 4.90 Å². The van der Waals surface area contributed by atoms with E-state index < -0.39 is 5.60 Å². The van der Waals surface area contributed by atoms with Crippen molar-refractivity contribution < 1.29 is 14.3 Å². The highest BCUT2D eigenvalue weighted by atomic mass is 79.9. The summed E-state index contributed by atoms with van der Waals surface area (Å²) in [5.41, 5.74) is 1.43. The highest BCUT2D eigenvalue weighted by molar-refractivity contribution is 9.10. The molecule has 25 heavy (non-hydrogen) atoms. The topological polar surface area (TPSA) is 71.0 Å². The molecule has 4 rings (SSSR count). The van der Waals surface area contributed by atoms with Gasteiger partial charge in [-0.1, -0.05) is 15.9 Å². The van der Waals surface area contributed by atoms with Gasteiger partial charge in [0.05, 0.1) is 6.54 Å². The zero-order chi connectivity index (χ0) is 17.8. The smallest absolute Gasteiger partial charge is 0.292 e. The van der Waals surface area contributed by atoms with Crippen LogP contribution in [0.2, 0.25) is 0 Å². The lowest BCUT2D eigenvalue weighted by atomic mass is 9.86. The number of hydrogen-bond donors (Lipinski definition) is 1. The van der Waals surface area contributed by atoms with E-state index in [1.807, 2.05) is 32.0 Å². The second kappa shape index (κ2) is 5.56. The summed E-state index contributed by atoms with van der Waals surface area (Å²) in [5, 5.41) is 2.67. The molecule has 1 aromatic rings. The Morgan fingerprint density at radius 1 is 1.40 bits per heavy atom. The number of rotatable bonds is 2. The van der Waals surface area contributed by atoms with Crippen LogP contribution in [0.4, 0.5) is 0 Å². The van der Waals surface area contributed by atoms with Gasteiger partial charge >= 0.3 is 0 Å². The predicted molar refractivity (Wildman–Crippen MR) is 96.6 cm³/mol. The van der Waals surface area contributed by atoms with E-state index in [9.17, 15) is 9.59 Å². The van der Waals surface area contributed by atoms with Gasteiger partial charge in [0, 0.05) is 22.0 Å². The van der Waals surface area contributed by atoms with Crippen molar-refractivity contribution in [3.8, 4) is 0 Å². The Balaban J connectivity index is 1.48. The van der Waals surface area contributed by atoms with Gasteiger partial charge in [0.2, 0.25) is 5.91 Å². The average molecular weight is 406 g/mol. The molecular formula is C18H20BrN3O3. The predicted octanol–water partition coefficient (Wildman–Crippen LogP) is 2.22. The minimum atomic E-state index is -0.395. The molecule has 1 N–H and O–H groups in total. The second-order valence-corrected chi connectivity index (χ2v) is 8.58. The molecule has 3 aliphatic rings. The molecule has 1 fully saturated rings. The van der Waals surface area contributed by atoms with Crippen molar-refractivity contribution in [3.63, 3.8) is 0 Å². The Hall–Kier alpha value is -1.89. The van der Waals surface area contributed by atoms with Crippen molar-refractivity contribution in [2.75, 3.05) is 19.6 Å². The van der Waals surface area contributed by atoms with Gasteiger partial charge in [-0.05, 0) is 50.5 Å². The first-order chi connectivity index (χ1) is 11.8. The van der Waals surface area contributed by atoms with Gasteiger partial charge in [0.15, 0.2) is 0 Å². The first-order valence-corrected chi connectivity index (χ1v) is 9.20. The number of halogens is 1. The maximum Gasteiger partial charge on any atom is 0.292 e. The van der Waals surface area contributed by atoms with Crippen LogP contribution in [0.15, 0.2) is 27.7 Å². The van der Waals surface area contributed by atoms with Gasteiger partial charge < -0.3 is 9.64 Å². The molecule has 0 radical (unpaired) electrons. The number of aliphatic imine (C=N–C) groups is 1. The van der Waals surface area contributed by atoms with Crippen LogP contribution in [0.5, 0.6) is 0 Å². The third-order valence-corrected chi connectivity index (χ3v) is 5.47. The number of nitrogens with one attached hydrogen (secondary N) is 1. The standard InChI is InChI=1S/C18H20BrN3O3/c1-17(2)9-20-16(25-17)21-14(23)8-22-10-18(5-6-18)13-7-11(19)3-4-12(13)15(22)24/h3-4,7H,5-6,8-10H2,1-2H3,(H,20,21,23). The van der Waals surface area contributed by atoms with E-state index in [1.165, 1.54) is 0 Å². The van der Waals surface area contributed by atoms with Crippen LogP contribution in [0.1, 0.15) is 42.6 Å². The maximum absolute atomic E-state index is 12.8. The lowest BCUT2D eigenvalue weighted by Gasteiger charge is -2.34. The fourth-order valence-electron chi connectivity index (χ4n) is 3.53. The molecule has 7 heteroatoms. The first kappa shape index (κ1) is 16.6. The molecular weight excluding hydrogens is 386 g/mol. The lowest BCUT2D eigenvalue weighted by molar-refractivity contribution is -0.120. The normalized spacial score (nSPS) is 22.3. The lowest BCUT2D eigenvalue weighted by Crippen LogP contribution is -2.49. The van der Waals surface area contributed by atoms with E-state index in [0.717, 1.165) is 22.9 Å². The molecule has 0 saturated heterocycles. The molecule has 1 spiro atoms. The summed E-state index contributed by atoms with van der Waals surface area (Å²) < 4.78 is 6.55. The first-order valence-electron chi connectivity index (χ1n) is 8.41. The van der Waals surface area contributed by atoms with Crippen molar-refractivity contribution in [3.05, 3.63) is 33.8 Å². The van der Waals surface area contributed by atoms with Crippen molar-refractivity contribution in [2.45, 2.75) is 37.7 Å². The number of benzene rings is 1. The molecule has 0 aromatic heterocycles. The van der Waals surface area contributed by atoms with E-state index in [-0.39, 0.29) is 29.8 Å². The molecule has 132 valence electrons. The molecule has 1 aliphatic carbocycles. The summed E-state index contributed by atoms with van der Waals surface area (Å²) in [6.07, 6.45) is 2.09. The summed E-state index contributed by atoms with van der Waals surface area (Å²) in [6.45, 7) is 4.93.